The Hall–Kier alpha value is -3.65. The van der Waals surface area contributed by atoms with Crippen LogP contribution in [-0.2, 0) is 11.3 Å². The van der Waals surface area contributed by atoms with E-state index in [0.717, 1.165) is 41.5 Å². The molecule has 5 rings (SSSR count). The highest BCUT2D eigenvalue weighted by Crippen LogP contribution is 2.32. The second-order valence-electron chi connectivity index (χ2n) is 7.31. The van der Waals surface area contributed by atoms with Crippen LogP contribution in [0, 0.1) is 0 Å². The minimum Gasteiger partial charge on any atom is -0.454 e. The Kier molecular flexibility index (Phi) is 5.37. The number of aromatic nitrogens is 2. The van der Waals surface area contributed by atoms with Crippen molar-refractivity contribution in [1.82, 2.24) is 15.3 Å². The number of nitrogens with zero attached hydrogens (tertiary/aromatic N) is 3. The molecule has 8 nitrogen and oxygen atoms in total. The van der Waals surface area contributed by atoms with E-state index in [9.17, 15) is 4.79 Å². The fraction of sp³-hybridized carbons (Fsp3) is 0.261. The molecule has 1 amide bonds. The van der Waals surface area contributed by atoms with Gasteiger partial charge in [0.15, 0.2) is 11.5 Å². The number of morpholine rings is 1. The average Bonchev–Trinajstić information content (AvgIpc) is 3.31. The number of rotatable bonds is 5. The summed E-state index contributed by atoms with van der Waals surface area (Å²) in [6.07, 6.45) is 1.58. The van der Waals surface area contributed by atoms with Crippen molar-refractivity contribution < 1.29 is 19.0 Å². The summed E-state index contributed by atoms with van der Waals surface area (Å²) in [6, 6.07) is 15.0. The normalized spacial score (nSPS) is 15.0. The highest BCUT2D eigenvalue weighted by atomic mass is 16.7. The summed E-state index contributed by atoms with van der Waals surface area (Å²) < 4.78 is 16.1. The monoisotopic (exact) mass is 418 g/mol. The second kappa shape index (κ2) is 8.61. The molecule has 0 aliphatic carbocycles. The number of nitrogens with one attached hydrogen (secondary N) is 1. The predicted octanol–water partition coefficient (Wildman–Crippen LogP) is 2.64. The molecule has 1 fully saturated rings. The topological polar surface area (TPSA) is 85.8 Å². The zero-order valence-electron chi connectivity index (χ0n) is 16.9. The van der Waals surface area contributed by atoms with Gasteiger partial charge >= 0.3 is 0 Å². The predicted molar refractivity (Wildman–Crippen MR) is 114 cm³/mol. The van der Waals surface area contributed by atoms with Gasteiger partial charge in [-0.1, -0.05) is 18.2 Å². The van der Waals surface area contributed by atoms with Crippen LogP contribution < -0.4 is 19.7 Å². The van der Waals surface area contributed by atoms with Gasteiger partial charge in [-0.3, -0.25) is 4.79 Å². The fourth-order valence-corrected chi connectivity index (χ4v) is 3.60. The molecule has 8 heteroatoms. The molecule has 0 saturated carbocycles. The molecule has 0 bridgehead atoms. The number of anilines is 1. The van der Waals surface area contributed by atoms with E-state index in [4.69, 9.17) is 14.2 Å². The molecule has 0 atom stereocenters. The van der Waals surface area contributed by atoms with Crippen molar-refractivity contribution in [2.75, 3.05) is 38.0 Å². The third-order valence-electron chi connectivity index (χ3n) is 5.32. The quantitative estimate of drug-likeness (QED) is 0.682. The highest BCUT2D eigenvalue weighted by molar-refractivity contribution is 5.94. The first-order chi connectivity index (χ1) is 15.3. The lowest BCUT2D eigenvalue weighted by Crippen LogP contribution is -2.36. The standard InChI is InChI=1S/C23H22N4O4/c28-23(24-13-16-1-6-20-21(11-16)31-15-30-20)18-4-2-17(3-5-18)19-12-22(26-14-25-19)27-7-9-29-10-8-27/h1-6,11-12,14H,7-10,13,15H2,(H,24,28). The van der Waals surface area contributed by atoms with Gasteiger partial charge in [-0.2, -0.15) is 0 Å². The van der Waals surface area contributed by atoms with Crippen molar-refractivity contribution in [2.24, 2.45) is 0 Å². The molecule has 0 spiro atoms. The number of ether oxygens (including phenoxy) is 3. The molecular formula is C23H22N4O4. The summed E-state index contributed by atoms with van der Waals surface area (Å²) in [7, 11) is 0. The van der Waals surface area contributed by atoms with Gasteiger partial charge in [-0.25, -0.2) is 9.97 Å². The number of carbonyl (C=O) groups excluding carboxylic acids is 1. The Labute approximate surface area is 179 Å². The lowest BCUT2D eigenvalue weighted by molar-refractivity contribution is 0.0951. The third-order valence-corrected chi connectivity index (χ3v) is 5.32. The van der Waals surface area contributed by atoms with Gasteiger partial charge in [-0.05, 0) is 29.8 Å². The van der Waals surface area contributed by atoms with Crippen LogP contribution in [0.1, 0.15) is 15.9 Å². The van der Waals surface area contributed by atoms with E-state index >= 15 is 0 Å². The van der Waals surface area contributed by atoms with Crippen LogP contribution in [0.2, 0.25) is 0 Å². The Balaban J connectivity index is 1.24. The van der Waals surface area contributed by atoms with Crippen LogP contribution in [0.5, 0.6) is 11.5 Å². The molecule has 0 unspecified atom stereocenters. The van der Waals surface area contributed by atoms with Gasteiger partial charge in [0.05, 0.1) is 18.9 Å². The second-order valence-corrected chi connectivity index (χ2v) is 7.31. The summed E-state index contributed by atoms with van der Waals surface area (Å²) in [5, 5.41) is 2.94. The minimum atomic E-state index is -0.138. The maximum Gasteiger partial charge on any atom is 0.251 e. The summed E-state index contributed by atoms with van der Waals surface area (Å²) in [5.41, 5.74) is 3.30. The molecule has 1 aromatic heterocycles. The SMILES string of the molecule is O=C(NCc1ccc2c(c1)OCO2)c1ccc(-c2cc(N3CCOCC3)ncn2)cc1. The molecule has 3 aromatic rings. The van der Waals surface area contributed by atoms with E-state index in [2.05, 4.69) is 20.2 Å². The van der Waals surface area contributed by atoms with Gasteiger partial charge in [0.25, 0.3) is 5.91 Å². The van der Waals surface area contributed by atoms with Crippen LogP contribution in [0.15, 0.2) is 54.9 Å². The Morgan fingerprint density at radius 1 is 0.968 bits per heavy atom. The van der Waals surface area contributed by atoms with E-state index in [1.165, 1.54) is 0 Å². The molecule has 1 N–H and O–H groups in total. The van der Waals surface area contributed by atoms with Crippen molar-refractivity contribution in [3.63, 3.8) is 0 Å². The van der Waals surface area contributed by atoms with E-state index in [-0.39, 0.29) is 12.7 Å². The average molecular weight is 418 g/mol. The maximum absolute atomic E-state index is 12.5. The van der Waals surface area contributed by atoms with Gasteiger partial charge in [0.2, 0.25) is 6.79 Å². The van der Waals surface area contributed by atoms with Crippen molar-refractivity contribution in [2.45, 2.75) is 6.54 Å². The first kappa shape index (κ1) is 19.3. The number of hydrogen-bond donors (Lipinski definition) is 1. The fourth-order valence-electron chi connectivity index (χ4n) is 3.60. The van der Waals surface area contributed by atoms with Crippen LogP contribution in [0.3, 0.4) is 0 Å². The van der Waals surface area contributed by atoms with Gasteiger partial charge < -0.3 is 24.4 Å². The molecule has 2 aromatic carbocycles. The number of fused-ring (bicyclic) bond motifs is 1. The van der Waals surface area contributed by atoms with E-state index in [1.54, 1.807) is 18.5 Å². The van der Waals surface area contributed by atoms with Crippen LogP contribution in [0.25, 0.3) is 11.3 Å². The summed E-state index contributed by atoms with van der Waals surface area (Å²) in [5.74, 6) is 2.18. The molecular weight excluding hydrogens is 396 g/mol. The smallest absolute Gasteiger partial charge is 0.251 e. The van der Waals surface area contributed by atoms with Gasteiger partial charge in [-0.15, -0.1) is 0 Å². The Bertz CT molecular complexity index is 1080. The minimum absolute atomic E-state index is 0.138. The van der Waals surface area contributed by atoms with Crippen LogP contribution in [-0.4, -0.2) is 49.0 Å². The Morgan fingerprint density at radius 3 is 2.61 bits per heavy atom. The summed E-state index contributed by atoms with van der Waals surface area (Å²) in [6.45, 7) is 3.69. The number of hydrogen-bond acceptors (Lipinski definition) is 7. The summed E-state index contributed by atoms with van der Waals surface area (Å²) >= 11 is 0. The molecule has 1 saturated heterocycles. The molecule has 31 heavy (non-hydrogen) atoms. The van der Waals surface area contributed by atoms with Crippen molar-refractivity contribution in [1.29, 1.82) is 0 Å². The summed E-state index contributed by atoms with van der Waals surface area (Å²) in [4.78, 5) is 23.5. The first-order valence-corrected chi connectivity index (χ1v) is 10.2. The number of amides is 1. The Morgan fingerprint density at radius 2 is 1.77 bits per heavy atom. The first-order valence-electron chi connectivity index (χ1n) is 10.2. The lowest BCUT2D eigenvalue weighted by Gasteiger charge is -2.27. The molecule has 158 valence electrons. The van der Waals surface area contributed by atoms with Gasteiger partial charge in [0, 0.05) is 36.8 Å². The zero-order valence-corrected chi connectivity index (χ0v) is 16.9. The number of benzene rings is 2. The molecule has 2 aliphatic rings. The van der Waals surface area contributed by atoms with Gasteiger partial charge in [0.1, 0.15) is 12.1 Å². The zero-order chi connectivity index (χ0) is 21.0. The largest absolute Gasteiger partial charge is 0.454 e. The molecule has 0 radical (unpaired) electrons. The molecule has 2 aliphatic heterocycles. The number of carbonyl (C=O) groups is 1. The molecule has 3 heterocycles. The van der Waals surface area contributed by atoms with E-state index < -0.39 is 0 Å². The maximum atomic E-state index is 12.5. The third kappa shape index (κ3) is 4.29. The lowest BCUT2D eigenvalue weighted by atomic mass is 10.1. The van der Waals surface area contributed by atoms with Crippen molar-refractivity contribution in [3.8, 4) is 22.8 Å². The van der Waals surface area contributed by atoms with Crippen molar-refractivity contribution >= 4 is 11.7 Å². The van der Waals surface area contributed by atoms with Crippen molar-refractivity contribution in [3.05, 3.63) is 66.0 Å². The van der Waals surface area contributed by atoms with E-state index in [1.807, 2.05) is 36.4 Å². The van der Waals surface area contributed by atoms with E-state index in [0.29, 0.717) is 31.1 Å². The van der Waals surface area contributed by atoms with Crippen LogP contribution in [0.4, 0.5) is 5.82 Å². The van der Waals surface area contributed by atoms with Crippen LogP contribution >= 0.6 is 0 Å². The highest BCUT2D eigenvalue weighted by Gasteiger charge is 2.15.